The first-order chi connectivity index (χ1) is 30.0. The predicted octanol–water partition coefficient (Wildman–Crippen LogP) is -1.16. The van der Waals surface area contributed by atoms with Crippen LogP contribution in [0, 0.1) is 52.3 Å². The molecule has 0 radical (unpaired) electrons. The molecule has 4 aliphatic carbocycles. The Labute approximate surface area is 369 Å². The Hall–Kier alpha value is -0.720. The lowest BCUT2D eigenvalue weighted by Crippen LogP contribution is -2.67. The number of aliphatic hydroxyl groups is 10. The third-order valence-electron chi connectivity index (χ3n) is 18.5. The molecular formula is C45H75NO17. The lowest BCUT2D eigenvalue weighted by Gasteiger charge is -2.61. The standard InChI is InChI=1S/C45H75NO17/c1-19-7-12-45(46-15-19)20(2)30-26(63-45)14-25-23-6-5-21-13-22(8-10-43(21,3)24(23)9-11-44(25,30)4)57-40-37(56)35(54)38(29(18-49)60-40)61-42-39(34(53)32(51)28(17-48)59-42)62-41-36(55)33(52)31(50)27(16-47)58-41/h19-42,46-56H,5-18H2,1-4H3. The molecule has 5 heterocycles. The molecule has 0 amide bonds. The molecule has 5 aliphatic heterocycles. The predicted molar refractivity (Wildman–Crippen MR) is 218 cm³/mol. The van der Waals surface area contributed by atoms with E-state index in [0.717, 1.165) is 45.1 Å². The summed E-state index contributed by atoms with van der Waals surface area (Å²) in [6.07, 6.45) is -13.8. The zero-order valence-electron chi connectivity index (χ0n) is 37.1. The summed E-state index contributed by atoms with van der Waals surface area (Å²) in [5.41, 5.74) is 0.241. The summed E-state index contributed by atoms with van der Waals surface area (Å²) in [7, 11) is 0. The number of ether oxygens (including phenoxy) is 7. The topological polar surface area (TPSA) is 279 Å². The quantitative estimate of drug-likeness (QED) is 0.122. The Morgan fingerprint density at radius 1 is 0.571 bits per heavy atom. The van der Waals surface area contributed by atoms with Crippen LogP contribution in [0.1, 0.15) is 91.9 Å². The van der Waals surface area contributed by atoms with Gasteiger partial charge < -0.3 is 84.2 Å². The highest BCUT2D eigenvalue weighted by molar-refractivity contribution is 5.16. The van der Waals surface area contributed by atoms with Crippen LogP contribution in [0.5, 0.6) is 0 Å². The molecule has 5 saturated heterocycles. The number of hydrogen-bond acceptors (Lipinski definition) is 18. The normalized spacial score (nSPS) is 58.2. The fourth-order valence-electron chi connectivity index (χ4n) is 14.9. The van der Waals surface area contributed by atoms with Gasteiger partial charge in [0.1, 0.15) is 79.0 Å². The van der Waals surface area contributed by atoms with Crippen molar-refractivity contribution in [2.75, 3.05) is 26.4 Å². The lowest BCUT2D eigenvalue weighted by molar-refractivity contribution is -0.390. The van der Waals surface area contributed by atoms with Crippen LogP contribution in [0.2, 0.25) is 0 Å². The van der Waals surface area contributed by atoms with Gasteiger partial charge in [-0.3, -0.25) is 5.32 Å². The minimum absolute atomic E-state index is 0.146. The number of rotatable bonds is 9. The molecule has 18 heteroatoms. The highest BCUT2D eigenvalue weighted by atomic mass is 16.8. The molecule has 0 aromatic carbocycles. The van der Waals surface area contributed by atoms with Gasteiger partial charge in [-0.2, -0.15) is 0 Å². The van der Waals surface area contributed by atoms with Gasteiger partial charge >= 0.3 is 0 Å². The molecule has 9 aliphatic rings. The molecule has 1 spiro atoms. The number of aliphatic hydroxyl groups excluding tert-OH is 10. The number of nitrogens with one attached hydrogen (secondary N) is 1. The van der Waals surface area contributed by atoms with Gasteiger partial charge in [-0.25, -0.2) is 0 Å². The molecule has 27 unspecified atom stereocenters. The van der Waals surface area contributed by atoms with Crippen LogP contribution >= 0.6 is 0 Å². The van der Waals surface area contributed by atoms with E-state index in [1.807, 2.05) is 0 Å². The minimum Gasteiger partial charge on any atom is -0.394 e. The van der Waals surface area contributed by atoms with Crippen molar-refractivity contribution in [2.24, 2.45) is 52.3 Å². The van der Waals surface area contributed by atoms with Crippen LogP contribution in [0.3, 0.4) is 0 Å². The summed E-state index contributed by atoms with van der Waals surface area (Å²) in [6.45, 7) is 8.65. The van der Waals surface area contributed by atoms with Crippen molar-refractivity contribution in [1.29, 1.82) is 0 Å². The second-order valence-electron chi connectivity index (χ2n) is 21.7. The average molecular weight is 902 g/mol. The lowest BCUT2D eigenvalue weighted by atomic mass is 9.44. The van der Waals surface area contributed by atoms with Gasteiger partial charge in [-0.15, -0.1) is 0 Å². The maximum Gasteiger partial charge on any atom is 0.187 e. The van der Waals surface area contributed by atoms with Crippen LogP contribution < -0.4 is 5.32 Å². The van der Waals surface area contributed by atoms with Crippen molar-refractivity contribution in [3.63, 3.8) is 0 Å². The van der Waals surface area contributed by atoms with Crippen molar-refractivity contribution < 1.29 is 84.2 Å². The molecule has 63 heavy (non-hydrogen) atoms. The van der Waals surface area contributed by atoms with E-state index in [0.29, 0.717) is 47.5 Å². The largest absolute Gasteiger partial charge is 0.394 e. The number of fused-ring (bicyclic) bond motifs is 7. The number of piperidine rings is 1. The second-order valence-corrected chi connectivity index (χ2v) is 21.7. The van der Waals surface area contributed by atoms with Crippen molar-refractivity contribution in [2.45, 2.75) is 202 Å². The first kappa shape index (κ1) is 47.4. The van der Waals surface area contributed by atoms with Gasteiger partial charge in [-0.1, -0.05) is 27.7 Å². The summed E-state index contributed by atoms with van der Waals surface area (Å²) in [6, 6.07) is 0. The summed E-state index contributed by atoms with van der Waals surface area (Å²) in [5, 5.41) is 110. The molecular weight excluding hydrogens is 826 g/mol. The Bertz CT molecular complexity index is 1570. The van der Waals surface area contributed by atoms with Gasteiger partial charge in [0.2, 0.25) is 0 Å². The molecule has 362 valence electrons. The van der Waals surface area contributed by atoms with Crippen LogP contribution in [-0.4, -0.2) is 187 Å². The summed E-state index contributed by atoms with van der Waals surface area (Å²) in [5.74, 6) is 4.08. The van der Waals surface area contributed by atoms with Crippen LogP contribution in [0.15, 0.2) is 0 Å². The Morgan fingerprint density at radius 2 is 1.17 bits per heavy atom. The van der Waals surface area contributed by atoms with E-state index in [-0.39, 0.29) is 22.7 Å². The first-order valence-corrected chi connectivity index (χ1v) is 23.9. The highest BCUT2D eigenvalue weighted by Gasteiger charge is 2.69. The average Bonchev–Trinajstić information content (AvgIpc) is 3.72. The second kappa shape index (κ2) is 18.0. The third-order valence-corrected chi connectivity index (χ3v) is 18.5. The van der Waals surface area contributed by atoms with E-state index in [9.17, 15) is 51.1 Å². The molecule has 18 nitrogen and oxygen atoms in total. The maximum absolute atomic E-state index is 11.5. The van der Waals surface area contributed by atoms with E-state index in [1.165, 1.54) is 25.7 Å². The van der Waals surface area contributed by atoms with E-state index in [1.54, 1.807) is 0 Å². The molecule has 0 bridgehead atoms. The molecule has 11 N–H and O–H groups in total. The van der Waals surface area contributed by atoms with Crippen LogP contribution in [0.4, 0.5) is 0 Å². The van der Waals surface area contributed by atoms with Crippen molar-refractivity contribution in [3.8, 4) is 0 Å². The maximum atomic E-state index is 11.5. The Kier molecular flexibility index (Phi) is 13.5. The monoisotopic (exact) mass is 902 g/mol. The van der Waals surface area contributed by atoms with Gasteiger partial charge in [0.05, 0.1) is 32.0 Å². The molecule has 0 aromatic rings. The van der Waals surface area contributed by atoms with E-state index in [4.69, 9.17) is 33.2 Å². The smallest absolute Gasteiger partial charge is 0.187 e. The van der Waals surface area contributed by atoms with Crippen LogP contribution in [-0.2, 0) is 33.2 Å². The SMILES string of the molecule is CC1CCC2(NC1)OC1CC3C4CCC5CC(OC6OC(CO)C(OC7OC(CO)C(O)C(O)C7OC7OC(CO)C(O)C(O)C7O)C(O)C6O)CCC5(C)C4CCC3(C)C1C2C. The fourth-order valence-corrected chi connectivity index (χ4v) is 14.9. The Morgan fingerprint density at radius 3 is 1.86 bits per heavy atom. The van der Waals surface area contributed by atoms with Gasteiger partial charge in [0.25, 0.3) is 0 Å². The minimum atomic E-state index is -1.88. The fraction of sp³-hybridized carbons (Fsp3) is 1.00. The summed E-state index contributed by atoms with van der Waals surface area (Å²) >= 11 is 0. The van der Waals surface area contributed by atoms with E-state index in [2.05, 4.69) is 33.0 Å². The summed E-state index contributed by atoms with van der Waals surface area (Å²) in [4.78, 5) is 0. The molecule has 4 saturated carbocycles. The first-order valence-electron chi connectivity index (χ1n) is 23.9. The zero-order chi connectivity index (χ0) is 44.9. The highest BCUT2D eigenvalue weighted by Crippen LogP contribution is 2.71. The third kappa shape index (κ3) is 7.88. The Balaban J connectivity index is 0.833. The molecule has 9 fully saturated rings. The van der Waals surface area contributed by atoms with Gasteiger partial charge in [0.15, 0.2) is 18.9 Å². The van der Waals surface area contributed by atoms with Crippen LogP contribution in [0.25, 0.3) is 0 Å². The molecule has 9 rings (SSSR count). The van der Waals surface area contributed by atoms with E-state index < -0.39 is 112 Å². The van der Waals surface area contributed by atoms with Gasteiger partial charge in [0, 0.05) is 12.5 Å². The summed E-state index contributed by atoms with van der Waals surface area (Å²) < 4.78 is 42.6. The molecule has 0 aromatic heterocycles. The van der Waals surface area contributed by atoms with E-state index >= 15 is 0 Å². The van der Waals surface area contributed by atoms with Crippen molar-refractivity contribution in [3.05, 3.63) is 0 Å². The van der Waals surface area contributed by atoms with Crippen molar-refractivity contribution >= 4 is 0 Å². The molecule has 27 atom stereocenters. The number of hydrogen-bond donors (Lipinski definition) is 11. The van der Waals surface area contributed by atoms with Crippen molar-refractivity contribution in [1.82, 2.24) is 5.32 Å². The zero-order valence-corrected chi connectivity index (χ0v) is 37.1. The van der Waals surface area contributed by atoms with Gasteiger partial charge in [-0.05, 0) is 111 Å².